The number of aromatic amines is 1. The predicted octanol–water partition coefficient (Wildman–Crippen LogP) is 3.84. The van der Waals surface area contributed by atoms with Crippen molar-refractivity contribution in [2.75, 3.05) is 19.6 Å². The summed E-state index contributed by atoms with van der Waals surface area (Å²) in [6.45, 7) is 3.85. The van der Waals surface area contributed by atoms with E-state index in [0.717, 1.165) is 12.1 Å². The molecule has 1 aliphatic rings. The maximum atomic E-state index is 13.7. The molecule has 1 amide bonds. The number of hydrogen-bond donors (Lipinski definition) is 3. The van der Waals surface area contributed by atoms with Gasteiger partial charge in [-0.15, -0.1) is 0 Å². The third-order valence-corrected chi connectivity index (χ3v) is 5.94. The van der Waals surface area contributed by atoms with Gasteiger partial charge in [-0.3, -0.25) is 9.36 Å². The third-order valence-electron chi connectivity index (χ3n) is 5.94. The lowest BCUT2D eigenvalue weighted by Crippen LogP contribution is -2.45. The Bertz CT molecular complexity index is 1360. The highest BCUT2D eigenvalue weighted by Gasteiger charge is 2.38. The van der Waals surface area contributed by atoms with Gasteiger partial charge < -0.3 is 20.3 Å². The summed E-state index contributed by atoms with van der Waals surface area (Å²) in [7, 11) is 0. The molecular weight excluding hydrogens is 522 g/mol. The zero-order valence-corrected chi connectivity index (χ0v) is 20.0. The Hall–Kier alpha value is -3.81. The maximum Gasteiger partial charge on any atom is 0.490 e. The van der Waals surface area contributed by atoms with Crippen LogP contribution in [0.15, 0.2) is 41.2 Å². The van der Waals surface area contributed by atoms with Crippen molar-refractivity contribution in [1.82, 2.24) is 19.8 Å². The van der Waals surface area contributed by atoms with Gasteiger partial charge in [0.15, 0.2) is 11.6 Å². The van der Waals surface area contributed by atoms with Crippen molar-refractivity contribution in [3.05, 3.63) is 69.9 Å². The lowest BCUT2D eigenvalue weighted by atomic mass is 10.0. The lowest BCUT2D eigenvalue weighted by molar-refractivity contribution is -0.192. The van der Waals surface area contributed by atoms with Crippen LogP contribution in [0.2, 0.25) is 0 Å². The first-order valence-corrected chi connectivity index (χ1v) is 11.4. The molecule has 1 fully saturated rings. The molecule has 1 saturated heterocycles. The molecule has 3 N–H and O–H groups in total. The summed E-state index contributed by atoms with van der Waals surface area (Å²) in [6.07, 6.45) is -3.65. The molecule has 38 heavy (non-hydrogen) atoms. The van der Waals surface area contributed by atoms with E-state index in [2.05, 4.69) is 15.2 Å². The Kier molecular flexibility index (Phi) is 8.86. The second kappa shape index (κ2) is 11.7. The van der Waals surface area contributed by atoms with E-state index in [0.29, 0.717) is 43.5 Å². The smallest absolute Gasteiger partial charge is 0.475 e. The van der Waals surface area contributed by atoms with Crippen molar-refractivity contribution in [2.45, 2.75) is 38.0 Å². The van der Waals surface area contributed by atoms with Crippen molar-refractivity contribution in [1.29, 1.82) is 0 Å². The molecule has 1 aromatic heterocycles. The molecule has 1 aliphatic heterocycles. The van der Waals surface area contributed by atoms with Gasteiger partial charge in [0.25, 0.3) is 5.91 Å². The van der Waals surface area contributed by atoms with Crippen LogP contribution in [0.4, 0.5) is 26.3 Å². The van der Waals surface area contributed by atoms with E-state index in [1.54, 1.807) is 10.6 Å². The SMILES string of the molecule is C[C@@H](CN1CCC(n2c(=O)[nH]c3ccc(F)cc32)CC1)NC(=O)c1ccc(F)c(F)c1.O=C(O)C(F)(F)F. The van der Waals surface area contributed by atoms with Gasteiger partial charge in [-0.1, -0.05) is 0 Å². The summed E-state index contributed by atoms with van der Waals surface area (Å²) in [4.78, 5) is 38.5. The first-order valence-electron chi connectivity index (χ1n) is 11.4. The molecule has 1 atom stereocenters. The molecule has 4 rings (SSSR count). The predicted molar refractivity (Wildman–Crippen MR) is 124 cm³/mol. The van der Waals surface area contributed by atoms with E-state index in [1.807, 2.05) is 6.92 Å². The number of aliphatic carboxylic acids is 1. The lowest BCUT2D eigenvalue weighted by Gasteiger charge is -2.34. The van der Waals surface area contributed by atoms with Crippen LogP contribution in [0.5, 0.6) is 0 Å². The number of nitrogens with one attached hydrogen (secondary N) is 2. The van der Waals surface area contributed by atoms with E-state index in [9.17, 15) is 35.9 Å². The van der Waals surface area contributed by atoms with E-state index < -0.39 is 29.7 Å². The number of fused-ring (bicyclic) bond motifs is 1. The number of piperidine rings is 1. The molecule has 2 aromatic carbocycles. The number of imidazole rings is 1. The Morgan fingerprint density at radius 2 is 1.71 bits per heavy atom. The van der Waals surface area contributed by atoms with Crippen LogP contribution in [0.25, 0.3) is 11.0 Å². The molecule has 8 nitrogen and oxygen atoms in total. The number of carbonyl (C=O) groups is 2. The van der Waals surface area contributed by atoms with E-state index in [-0.39, 0.29) is 29.2 Å². The van der Waals surface area contributed by atoms with Gasteiger partial charge in [-0.2, -0.15) is 13.2 Å². The number of carboxylic acid groups (broad SMARTS) is 1. The third kappa shape index (κ3) is 7.15. The molecule has 0 unspecified atom stereocenters. The average molecular weight is 546 g/mol. The minimum Gasteiger partial charge on any atom is -0.475 e. The fraction of sp³-hybridized carbons (Fsp3) is 0.375. The summed E-state index contributed by atoms with van der Waals surface area (Å²) in [6, 6.07) is 7.07. The zero-order chi connectivity index (χ0) is 28.2. The summed E-state index contributed by atoms with van der Waals surface area (Å²) >= 11 is 0. The Labute approximate surface area is 211 Å². The monoisotopic (exact) mass is 546 g/mol. The second-order valence-corrected chi connectivity index (χ2v) is 8.80. The Morgan fingerprint density at radius 1 is 1.08 bits per heavy atom. The Morgan fingerprint density at radius 3 is 2.29 bits per heavy atom. The van der Waals surface area contributed by atoms with Crippen LogP contribution in [0.1, 0.15) is 36.2 Å². The van der Waals surface area contributed by atoms with Crippen LogP contribution in [0, 0.1) is 17.5 Å². The highest BCUT2D eigenvalue weighted by atomic mass is 19.4. The molecule has 206 valence electrons. The molecule has 2 heterocycles. The molecule has 0 saturated carbocycles. The minimum atomic E-state index is -5.08. The number of halogens is 6. The van der Waals surface area contributed by atoms with Gasteiger partial charge >= 0.3 is 17.8 Å². The van der Waals surface area contributed by atoms with Gasteiger partial charge in [0, 0.05) is 37.3 Å². The van der Waals surface area contributed by atoms with Gasteiger partial charge in [-0.05, 0) is 56.2 Å². The number of hydrogen-bond acceptors (Lipinski definition) is 4. The maximum absolute atomic E-state index is 13.7. The van der Waals surface area contributed by atoms with Crippen molar-refractivity contribution in [2.24, 2.45) is 0 Å². The van der Waals surface area contributed by atoms with E-state index >= 15 is 0 Å². The van der Waals surface area contributed by atoms with Gasteiger partial charge in [0.1, 0.15) is 5.82 Å². The first-order chi connectivity index (χ1) is 17.8. The number of likely N-dealkylation sites (tertiary alicyclic amines) is 1. The van der Waals surface area contributed by atoms with Gasteiger partial charge in [0.2, 0.25) is 0 Å². The summed E-state index contributed by atoms with van der Waals surface area (Å²) in [5.74, 6) is -5.66. The largest absolute Gasteiger partial charge is 0.490 e. The van der Waals surface area contributed by atoms with E-state index in [4.69, 9.17) is 9.90 Å². The summed E-state index contributed by atoms with van der Waals surface area (Å²) < 4.78 is 73.4. The number of nitrogens with zero attached hydrogens (tertiary/aromatic N) is 2. The number of carboxylic acids is 1. The molecular formula is C24H24F6N4O4. The molecule has 0 spiro atoms. The van der Waals surface area contributed by atoms with Crippen molar-refractivity contribution in [3.8, 4) is 0 Å². The zero-order valence-electron chi connectivity index (χ0n) is 20.0. The van der Waals surface area contributed by atoms with Crippen LogP contribution < -0.4 is 11.0 Å². The molecule has 14 heteroatoms. The number of amides is 1. The number of alkyl halides is 3. The first kappa shape index (κ1) is 28.8. The summed E-state index contributed by atoms with van der Waals surface area (Å²) in [5, 5.41) is 9.92. The molecule has 0 radical (unpaired) electrons. The standard InChI is InChI=1S/C22H23F3N4O2.C2HF3O2/c1-13(26-21(30)14-2-4-17(24)18(25)10-14)12-28-8-6-16(7-9-28)29-20-11-15(23)3-5-19(20)27-22(29)31;3-2(4,5)1(6)7/h2-5,10-11,13,16H,6-9,12H2,1H3,(H,26,30)(H,27,31);(H,6,7)/t13-;/m0./s1. The highest BCUT2D eigenvalue weighted by Crippen LogP contribution is 2.25. The number of carbonyl (C=O) groups excluding carboxylic acids is 1. The van der Waals surface area contributed by atoms with Crippen LogP contribution >= 0.6 is 0 Å². The quantitative estimate of drug-likeness (QED) is 0.422. The number of rotatable bonds is 5. The highest BCUT2D eigenvalue weighted by molar-refractivity contribution is 5.94. The normalized spacial score (nSPS) is 15.6. The fourth-order valence-electron chi connectivity index (χ4n) is 4.19. The van der Waals surface area contributed by atoms with Gasteiger partial charge in [-0.25, -0.2) is 22.8 Å². The van der Waals surface area contributed by atoms with Crippen molar-refractivity contribution < 1.29 is 41.0 Å². The van der Waals surface area contributed by atoms with Gasteiger partial charge in [0.05, 0.1) is 11.0 Å². The summed E-state index contributed by atoms with van der Waals surface area (Å²) in [5.41, 5.74) is 1.000. The number of aromatic nitrogens is 2. The number of benzene rings is 2. The molecule has 3 aromatic rings. The van der Waals surface area contributed by atoms with Crippen molar-refractivity contribution in [3.63, 3.8) is 0 Å². The van der Waals surface area contributed by atoms with Crippen LogP contribution in [0.3, 0.4) is 0 Å². The topological polar surface area (TPSA) is 107 Å². The fourth-order valence-corrected chi connectivity index (χ4v) is 4.19. The van der Waals surface area contributed by atoms with Crippen LogP contribution in [-0.2, 0) is 4.79 Å². The molecule has 0 bridgehead atoms. The molecule has 0 aliphatic carbocycles. The van der Waals surface area contributed by atoms with Crippen molar-refractivity contribution >= 4 is 22.9 Å². The minimum absolute atomic E-state index is 0.0358. The Balaban J connectivity index is 0.000000505. The number of H-pyrrole nitrogens is 1. The second-order valence-electron chi connectivity index (χ2n) is 8.80. The van der Waals surface area contributed by atoms with E-state index in [1.165, 1.54) is 18.2 Å². The average Bonchev–Trinajstić information content (AvgIpc) is 3.16. The van der Waals surface area contributed by atoms with Crippen LogP contribution in [-0.4, -0.2) is 63.3 Å².